The van der Waals surface area contributed by atoms with Crippen molar-refractivity contribution >= 4 is 17.7 Å². The lowest BCUT2D eigenvalue weighted by molar-refractivity contribution is -0.122. The summed E-state index contributed by atoms with van der Waals surface area (Å²) < 4.78 is 4.98. The molecule has 0 spiro atoms. The van der Waals surface area contributed by atoms with Gasteiger partial charge in [0.1, 0.15) is 0 Å². The van der Waals surface area contributed by atoms with Gasteiger partial charge in [0, 0.05) is 20.0 Å². The van der Waals surface area contributed by atoms with Crippen molar-refractivity contribution in [2.24, 2.45) is 0 Å². The molecule has 1 heterocycles. The standard InChI is InChI=1S/C19H23N3O4/c1-13-5-7-15(8-6-13)16(22-14(2)23)12-18(24)20-9-10-21-19(25)17-4-3-11-26-17/h3-8,11,16H,9-10,12H2,1-2H3,(H,20,24)(H,21,25)(H,22,23). The van der Waals surface area contributed by atoms with Gasteiger partial charge in [0.05, 0.1) is 18.7 Å². The van der Waals surface area contributed by atoms with Crippen LogP contribution < -0.4 is 16.0 Å². The third kappa shape index (κ3) is 6.08. The highest BCUT2D eigenvalue weighted by Crippen LogP contribution is 2.17. The van der Waals surface area contributed by atoms with Crippen LogP contribution in [0, 0.1) is 6.92 Å². The number of carbonyl (C=O) groups excluding carboxylic acids is 3. The molecule has 0 aliphatic heterocycles. The van der Waals surface area contributed by atoms with E-state index in [0.717, 1.165) is 11.1 Å². The Kier molecular flexibility index (Phi) is 6.96. The molecule has 138 valence electrons. The average molecular weight is 357 g/mol. The number of hydrogen-bond donors (Lipinski definition) is 3. The van der Waals surface area contributed by atoms with Gasteiger partial charge >= 0.3 is 0 Å². The van der Waals surface area contributed by atoms with Crippen LogP contribution in [0.1, 0.15) is 41.1 Å². The number of furan rings is 1. The highest BCUT2D eigenvalue weighted by atomic mass is 16.3. The maximum Gasteiger partial charge on any atom is 0.287 e. The van der Waals surface area contributed by atoms with Crippen molar-refractivity contribution in [3.05, 3.63) is 59.5 Å². The first kappa shape index (κ1) is 19.2. The van der Waals surface area contributed by atoms with Crippen LogP contribution in [0.25, 0.3) is 0 Å². The Morgan fingerprint density at radius 1 is 1.04 bits per heavy atom. The van der Waals surface area contributed by atoms with Crippen LogP contribution in [0.3, 0.4) is 0 Å². The van der Waals surface area contributed by atoms with Crippen LogP contribution in [-0.2, 0) is 9.59 Å². The minimum Gasteiger partial charge on any atom is -0.459 e. The molecule has 3 N–H and O–H groups in total. The van der Waals surface area contributed by atoms with Crippen LogP contribution in [0.4, 0.5) is 0 Å². The second-order valence-electron chi connectivity index (χ2n) is 5.95. The van der Waals surface area contributed by atoms with E-state index in [1.165, 1.54) is 13.2 Å². The summed E-state index contributed by atoms with van der Waals surface area (Å²) in [5.74, 6) is -0.521. The Labute approximate surface area is 152 Å². The molecule has 1 atom stereocenters. The average Bonchev–Trinajstić information content (AvgIpc) is 3.13. The fourth-order valence-corrected chi connectivity index (χ4v) is 2.43. The number of benzene rings is 1. The topological polar surface area (TPSA) is 100 Å². The van der Waals surface area contributed by atoms with Gasteiger partial charge in [-0.05, 0) is 24.6 Å². The third-order valence-corrected chi connectivity index (χ3v) is 3.72. The Hall–Kier alpha value is -3.09. The third-order valence-electron chi connectivity index (χ3n) is 3.72. The van der Waals surface area contributed by atoms with Crippen LogP contribution >= 0.6 is 0 Å². The van der Waals surface area contributed by atoms with E-state index < -0.39 is 6.04 Å². The molecule has 1 unspecified atom stereocenters. The van der Waals surface area contributed by atoms with Gasteiger partial charge < -0.3 is 20.4 Å². The number of hydrogen-bond acceptors (Lipinski definition) is 4. The molecule has 0 aliphatic rings. The zero-order valence-electron chi connectivity index (χ0n) is 14.9. The molecule has 0 radical (unpaired) electrons. The summed E-state index contributed by atoms with van der Waals surface area (Å²) in [6.45, 7) is 3.96. The molecule has 1 aromatic carbocycles. The fraction of sp³-hybridized carbons (Fsp3) is 0.316. The Balaban J connectivity index is 1.80. The van der Waals surface area contributed by atoms with Gasteiger partial charge in [-0.25, -0.2) is 0 Å². The van der Waals surface area contributed by atoms with E-state index >= 15 is 0 Å². The summed E-state index contributed by atoms with van der Waals surface area (Å²) in [6.07, 6.45) is 1.54. The molecular weight excluding hydrogens is 334 g/mol. The molecular formula is C19H23N3O4. The SMILES string of the molecule is CC(=O)NC(CC(=O)NCCNC(=O)c1ccco1)c1ccc(C)cc1. The van der Waals surface area contributed by atoms with Crippen LogP contribution in [0.15, 0.2) is 47.1 Å². The summed E-state index contributed by atoms with van der Waals surface area (Å²) in [6, 6.07) is 10.5. The van der Waals surface area contributed by atoms with E-state index in [4.69, 9.17) is 4.42 Å². The predicted octanol–water partition coefficient (Wildman–Crippen LogP) is 1.70. The van der Waals surface area contributed by atoms with Gasteiger partial charge in [-0.3, -0.25) is 14.4 Å². The largest absolute Gasteiger partial charge is 0.459 e. The van der Waals surface area contributed by atoms with E-state index in [1.54, 1.807) is 12.1 Å². The number of amides is 3. The normalized spacial score (nSPS) is 11.5. The molecule has 26 heavy (non-hydrogen) atoms. The quantitative estimate of drug-likeness (QED) is 0.626. The number of aryl methyl sites for hydroxylation is 1. The molecule has 0 saturated heterocycles. The van der Waals surface area contributed by atoms with E-state index in [-0.39, 0.29) is 43.0 Å². The monoisotopic (exact) mass is 357 g/mol. The molecule has 0 fully saturated rings. The first-order valence-corrected chi connectivity index (χ1v) is 8.38. The number of rotatable bonds is 8. The molecule has 1 aromatic heterocycles. The molecule has 2 rings (SSSR count). The predicted molar refractivity (Wildman–Crippen MR) is 96.4 cm³/mol. The van der Waals surface area contributed by atoms with Gasteiger partial charge in [0.25, 0.3) is 5.91 Å². The molecule has 7 heteroatoms. The minimum absolute atomic E-state index is 0.120. The van der Waals surface area contributed by atoms with E-state index in [0.29, 0.717) is 0 Å². The highest BCUT2D eigenvalue weighted by molar-refractivity contribution is 5.91. The van der Waals surface area contributed by atoms with Gasteiger partial charge in [-0.2, -0.15) is 0 Å². The summed E-state index contributed by atoms with van der Waals surface area (Å²) in [5.41, 5.74) is 1.97. The number of carbonyl (C=O) groups is 3. The lowest BCUT2D eigenvalue weighted by Crippen LogP contribution is -2.37. The van der Waals surface area contributed by atoms with E-state index in [1.807, 2.05) is 31.2 Å². The van der Waals surface area contributed by atoms with Crippen molar-refractivity contribution < 1.29 is 18.8 Å². The first-order chi connectivity index (χ1) is 12.5. The van der Waals surface area contributed by atoms with Gasteiger partial charge in [-0.15, -0.1) is 0 Å². The molecule has 0 aliphatic carbocycles. The van der Waals surface area contributed by atoms with Crippen molar-refractivity contribution in [2.75, 3.05) is 13.1 Å². The van der Waals surface area contributed by atoms with Crippen LogP contribution in [-0.4, -0.2) is 30.8 Å². The molecule has 3 amide bonds. The smallest absolute Gasteiger partial charge is 0.287 e. The highest BCUT2D eigenvalue weighted by Gasteiger charge is 2.17. The summed E-state index contributed by atoms with van der Waals surface area (Å²) in [5, 5.41) is 8.17. The first-order valence-electron chi connectivity index (χ1n) is 8.38. The zero-order valence-corrected chi connectivity index (χ0v) is 14.9. The van der Waals surface area contributed by atoms with Crippen LogP contribution in [0.2, 0.25) is 0 Å². The molecule has 2 aromatic rings. The minimum atomic E-state index is -0.397. The lowest BCUT2D eigenvalue weighted by atomic mass is 10.0. The van der Waals surface area contributed by atoms with Crippen molar-refractivity contribution in [3.63, 3.8) is 0 Å². The van der Waals surface area contributed by atoms with Crippen molar-refractivity contribution in [3.8, 4) is 0 Å². The summed E-state index contributed by atoms with van der Waals surface area (Å²) in [4.78, 5) is 35.3. The van der Waals surface area contributed by atoms with E-state index in [9.17, 15) is 14.4 Å². The van der Waals surface area contributed by atoms with Crippen molar-refractivity contribution in [1.29, 1.82) is 0 Å². The second-order valence-corrected chi connectivity index (χ2v) is 5.95. The van der Waals surface area contributed by atoms with Crippen molar-refractivity contribution in [2.45, 2.75) is 26.3 Å². The van der Waals surface area contributed by atoms with Gasteiger partial charge in [0.2, 0.25) is 11.8 Å². The Bertz CT molecular complexity index is 739. The zero-order chi connectivity index (χ0) is 18.9. The molecule has 0 bridgehead atoms. The Morgan fingerprint density at radius 2 is 1.73 bits per heavy atom. The maximum atomic E-state index is 12.2. The van der Waals surface area contributed by atoms with Gasteiger partial charge in [0.15, 0.2) is 5.76 Å². The van der Waals surface area contributed by atoms with Gasteiger partial charge in [-0.1, -0.05) is 29.8 Å². The fourth-order valence-electron chi connectivity index (χ4n) is 2.43. The summed E-state index contributed by atoms with van der Waals surface area (Å²) >= 11 is 0. The van der Waals surface area contributed by atoms with Crippen molar-refractivity contribution in [1.82, 2.24) is 16.0 Å². The Morgan fingerprint density at radius 3 is 2.35 bits per heavy atom. The maximum absolute atomic E-state index is 12.2. The number of nitrogens with one attached hydrogen (secondary N) is 3. The second kappa shape index (κ2) is 9.41. The van der Waals surface area contributed by atoms with E-state index in [2.05, 4.69) is 16.0 Å². The molecule has 0 saturated carbocycles. The summed E-state index contributed by atoms with van der Waals surface area (Å²) in [7, 11) is 0. The molecule has 7 nitrogen and oxygen atoms in total. The lowest BCUT2D eigenvalue weighted by Gasteiger charge is -2.18. The van der Waals surface area contributed by atoms with Crippen LogP contribution in [0.5, 0.6) is 0 Å².